The van der Waals surface area contributed by atoms with E-state index < -0.39 is 0 Å². The number of imide groups is 1. The summed E-state index contributed by atoms with van der Waals surface area (Å²) in [4.78, 5) is 34.7. The summed E-state index contributed by atoms with van der Waals surface area (Å²) in [5.74, 6) is -0.663. The zero-order valence-corrected chi connectivity index (χ0v) is 14.6. The summed E-state index contributed by atoms with van der Waals surface area (Å²) in [6.07, 6.45) is 3.20. The molecule has 1 atom stereocenters. The second-order valence-electron chi connectivity index (χ2n) is 7.68. The maximum absolute atomic E-state index is 11.9. The van der Waals surface area contributed by atoms with Gasteiger partial charge in [-0.15, -0.1) is 0 Å². The Bertz CT molecular complexity index is 614. The van der Waals surface area contributed by atoms with Gasteiger partial charge in [0.25, 0.3) is 0 Å². The first-order chi connectivity index (χ1) is 11.2. The average molecular weight is 330 g/mol. The van der Waals surface area contributed by atoms with Crippen molar-refractivity contribution in [2.75, 3.05) is 5.32 Å². The topological polar surface area (TPSA) is 75.3 Å². The predicted octanol–water partition coefficient (Wildman–Crippen LogP) is 3.05. The lowest BCUT2D eigenvalue weighted by atomic mass is 9.90. The molecule has 1 aliphatic heterocycles. The first-order valence-corrected chi connectivity index (χ1v) is 8.45. The van der Waals surface area contributed by atoms with Crippen LogP contribution in [-0.2, 0) is 20.8 Å². The van der Waals surface area contributed by atoms with E-state index in [1.54, 1.807) is 0 Å². The number of amides is 3. The van der Waals surface area contributed by atoms with Gasteiger partial charge < -0.3 is 5.32 Å². The van der Waals surface area contributed by atoms with Crippen LogP contribution in [-0.4, -0.2) is 17.7 Å². The van der Waals surface area contributed by atoms with Gasteiger partial charge in [-0.05, 0) is 42.4 Å². The van der Waals surface area contributed by atoms with Crippen LogP contribution < -0.4 is 10.6 Å². The Balaban J connectivity index is 1.80. The maximum atomic E-state index is 11.9. The fraction of sp³-hybridized carbons (Fsp3) is 0.526. The van der Waals surface area contributed by atoms with E-state index in [4.69, 9.17) is 0 Å². The molecule has 0 spiro atoms. The van der Waals surface area contributed by atoms with Gasteiger partial charge in [-0.3, -0.25) is 19.7 Å². The second-order valence-corrected chi connectivity index (χ2v) is 7.68. The first kappa shape index (κ1) is 18.2. The number of hydrogen-bond acceptors (Lipinski definition) is 3. The monoisotopic (exact) mass is 330 g/mol. The maximum Gasteiger partial charge on any atom is 0.230 e. The van der Waals surface area contributed by atoms with Gasteiger partial charge in [-0.25, -0.2) is 0 Å². The Morgan fingerprint density at radius 2 is 1.88 bits per heavy atom. The molecule has 1 heterocycles. The second kappa shape index (κ2) is 7.60. The molecule has 3 amide bonds. The third-order valence-corrected chi connectivity index (χ3v) is 4.12. The highest BCUT2D eigenvalue weighted by Gasteiger charge is 2.30. The Morgan fingerprint density at radius 3 is 2.42 bits per heavy atom. The number of benzene rings is 1. The van der Waals surface area contributed by atoms with Crippen LogP contribution in [0.2, 0.25) is 0 Å². The van der Waals surface area contributed by atoms with Crippen molar-refractivity contribution in [3.8, 4) is 0 Å². The highest BCUT2D eigenvalue weighted by Crippen LogP contribution is 2.22. The molecule has 2 N–H and O–H groups in total. The summed E-state index contributed by atoms with van der Waals surface area (Å²) in [5.41, 5.74) is 1.98. The van der Waals surface area contributed by atoms with Crippen molar-refractivity contribution in [1.82, 2.24) is 5.32 Å². The quantitative estimate of drug-likeness (QED) is 0.787. The summed E-state index contributed by atoms with van der Waals surface area (Å²) in [6.45, 7) is 6.51. The Kier molecular flexibility index (Phi) is 5.75. The van der Waals surface area contributed by atoms with E-state index in [1.165, 1.54) is 0 Å². The van der Waals surface area contributed by atoms with Crippen LogP contribution in [0.15, 0.2) is 24.3 Å². The molecule has 1 aromatic rings. The van der Waals surface area contributed by atoms with Crippen LogP contribution in [0.25, 0.3) is 0 Å². The Morgan fingerprint density at radius 1 is 1.21 bits per heavy atom. The first-order valence-electron chi connectivity index (χ1n) is 8.45. The molecule has 0 aliphatic carbocycles. The highest BCUT2D eigenvalue weighted by molar-refractivity contribution is 6.03. The van der Waals surface area contributed by atoms with Crippen molar-refractivity contribution in [1.29, 1.82) is 0 Å². The standard InChI is InChI=1S/C19H26N2O3/c1-19(2,3)10-4-5-16(22)20-15-8-6-13(7-9-15)11-14-12-17(23)21-18(14)24/h6-9,14H,4-5,10-12H2,1-3H3,(H,20,22)(H,21,23,24)/t14-/m0/s1. The van der Waals surface area contributed by atoms with Crippen molar-refractivity contribution in [2.45, 2.75) is 52.9 Å². The van der Waals surface area contributed by atoms with Gasteiger partial charge >= 0.3 is 0 Å². The molecule has 5 nitrogen and oxygen atoms in total. The van der Waals surface area contributed by atoms with Crippen LogP contribution in [0.3, 0.4) is 0 Å². The zero-order valence-electron chi connectivity index (χ0n) is 14.6. The minimum Gasteiger partial charge on any atom is -0.326 e. The minimum atomic E-state index is -0.282. The van der Waals surface area contributed by atoms with E-state index in [-0.39, 0.29) is 35.5 Å². The van der Waals surface area contributed by atoms with Gasteiger partial charge in [0, 0.05) is 18.5 Å². The summed E-state index contributed by atoms with van der Waals surface area (Å²) < 4.78 is 0. The number of nitrogens with one attached hydrogen (secondary N) is 2. The molecule has 0 radical (unpaired) electrons. The van der Waals surface area contributed by atoms with Crippen molar-refractivity contribution < 1.29 is 14.4 Å². The van der Waals surface area contributed by atoms with Crippen LogP contribution in [0.4, 0.5) is 5.69 Å². The van der Waals surface area contributed by atoms with Gasteiger partial charge in [0.15, 0.2) is 0 Å². The summed E-state index contributed by atoms with van der Waals surface area (Å²) in [7, 11) is 0. The molecule has 0 unspecified atom stereocenters. The van der Waals surface area contributed by atoms with Crippen LogP contribution in [0.1, 0.15) is 52.0 Å². The predicted molar refractivity (Wildman–Crippen MR) is 93.3 cm³/mol. The summed E-state index contributed by atoms with van der Waals surface area (Å²) in [6, 6.07) is 7.46. The lowest BCUT2D eigenvalue weighted by Crippen LogP contribution is -2.22. The molecule has 2 rings (SSSR count). The van der Waals surface area contributed by atoms with Crippen molar-refractivity contribution in [3.63, 3.8) is 0 Å². The van der Waals surface area contributed by atoms with E-state index >= 15 is 0 Å². The van der Waals surface area contributed by atoms with E-state index in [1.807, 2.05) is 24.3 Å². The Labute approximate surface area is 143 Å². The van der Waals surface area contributed by atoms with E-state index in [2.05, 4.69) is 31.4 Å². The SMILES string of the molecule is CC(C)(C)CCCC(=O)Nc1ccc(C[C@H]2CC(=O)NC2=O)cc1. The van der Waals surface area contributed by atoms with Gasteiger partial charge in [-0.1, -0.05) is 32.9 Å². The highest BCUT2D eigenvalue weighted by atomic mass is 16.2. The molecule has 1 fully saturated rings. The summed E-state index contributed by atoms with van der Waals surface area (Å²) in [5, 5.41) is 5.21. The normalized spacial score (nSPS) is 17.7. The molecule has 5 heteroatoms. The van der Waals surface area contributed by atoms with Gasteiger partial charge in [-0.2, -0.15) is 0 Å². The molecule has 1 saturated heterocycles. The van der Waals surface area contributed by atoms with Gasteiger partial charge in [0.1, 0.15) is 0 Å². The number of carbonyl (C=O) groups excluding carboxylic acids is 3. The molecule has 0 bridgehead atoms. The molecule has 0 aromatic heterocycles. The fourth-order valence-corrected chi connectivity index (χ4v) is 2.78. The molecule has 24 heavy (non-hydrogen) atoms. The van der Waals surface area contributed by atoms with Crippen LogP contribution >= 0.6 is 0 Å². The molecule has 1 aromatic carbocycles. The van der Waals surface area contributed by atoms with E-state index in [0.717, 1.165) is 24.1 Å². The van der Waals surface area contributed by atoms with Gasteiger partial charge in [0.2, 0.25) is 17.7 Å². The van der Waals surface area contributed by atoms with Gasteiger partial charge in [0.05, 0.1) is 5.92 Å². The van der Waals surface area contributed by atoms with Crippen molar-refractivity contribution in [3.05, 3.63) is 29.8 Å². The largest absolute Gasteiger partial charge is 0.326 e. The summed E-state index contributed by atoms with van der Waals surface area (Å²) >= 11 is 0. The third-order valence-electron chi connectivity index (χ3n) is 4.12. The van der Waals surface area contributed by atoms with Crippen LogP contribution in [0.5, 0.6) is 0 Å². The molecular formula is C19H26N2O3. The molecule has 0 saturated carbocycles. The third kappa shape index (κ3) is 5.80. The smallest absolute Gasteiger partial charge is 0.230 e. The number of anilines is 1. The lowest BCUT2D eigenvalue weighted by Gasteiger charge is -2.17. The van der Waals surface area contributed by atoms with E-state index in [9.17, 15) is 14.4 Å². The average Bonchev–Trinajstić information content (AvgIpc) is 2.77. The molecule has 130 valence electrons. The lowest BCUT2D eigenvalue weighted by molar-refractivity contribution is -0.125. The van der Waals surface area contributed by atoms with Crippen molar-refractivity contribution >= 4 is 23.4 Å². The van der Waals surface area contributed by atoms with Crippen molar-refractivity contribution in [2.24, 2.45) is 11.3 Å². The van der Waals surface area contributed by atoms with E-state index in [0.29, 0.717) is 12.8 Å². The number of hydrogen-bond donors (Lipinski definition) is 2. The molecular weight excluding hydrogens is 304 g/mol. The Hall–Kier alpha value is -2.17. The van der Waals surface area contributed by atoms with Crippen LogP contribution in [0, 0.1) is 11.3 Å². The number of rotatable bonds is 6. The minimum absolute atomic E-state index is 0.0211. The number of carbonyl (C=O) groups is 3. The molecule has 1 aliphatic rings. The fourth-order valence-electron chi connectivity index (χ4n) is 2.78. The zero-order chi connectivity index (χ0) is 17.7.